The molecule has 24 heteroatoms. The number of primary amides is 1. The van der Waals surface area contributed by atoms with Crippen molar-refractivity contribution in [2.24, 2.45) is 5.73 Å². The summed E-state index contributed by atoms with van der Waals surface area (Å²) in [6, 6.07) is 0. The second kappa shape index (κ2) is 12.1. The standard InChI is InChI=1S/C19H25N7O14P2S/c20-15-9-17(23-4-22-15)26(5-24-9)19-13(30)11(28)8(39-19)2-37-42(34,35)40-41(32,33)36-1-7-10(27)12(29)14(38-7)18-25-6(3-43-18)16(21)31/h3-5,7-8,10-14,19,27-30H,1-2H2,(H2,21,31)(H,32,33)(H,34,35)(H2,20,22,23)/t7-,8-,10+,11+,12?,13?,14-,19-/m1/s1. The number of aromatic nitrogens is 5. The number of carbonyl (C=O) groups is 1. The van der Waals surface area contributed by atoms with Crippen LogP contribution in [0.25, 0.3) is 11.2 Å². The van der Waals surface area contributed by atoms with E-state index in [0.29, 0.717) is 0 Å². The maximum atomic E-state index is 12.4. The Bertz CT molecular complexity index is 1590. The molecule has 2 fully saturated rings. The summed E-state index contributed by atoms with van der Waals surface area (Å²) < 4.78 is 50.6. The van der Waals surface area contributed by atoms with Crippen LogP contribution in [-0.4, -0.2) is 110 Å². The van der Waals surface area contributed by atoms with Crippen LogP contribution in [0.1, 0.15) is 27.8 Å². The quantitative estimate of drug-likeness (QED) is 0.0994. The van der Waals surface area contributed by atoms with Gasteiger partial charge < -0.3 is 51.2 Å². The zero-order chi connectivity index (χ0) is 31.3. The number of hydrogen-bond acceptors (Lipinski definition) is 18. The number of phosphoric ester groups is 2. The minimum Gasteiger partial charge on any atom is -0.387 e. The van der Waals surface area contributed by atoms with Crippen LogP contribution in [0.15, 0.2) is 18.0 Å². The molecule has 0 aliphatic carbocycles. The number of phosphoric acid groups is 2. The lowest BCUT2D eigenvalue weighted by Crippen LogP contribution is -2.33. The molecule has 10 atom stereocenters. The highest BCUT2D eigenvalue weighted by molar-refractivity contribution is 7.61. The van der Waals surface area contributed by atoms with E-state index in [2.05, 4.69) is 28.8 Å². The molecule has 236 valence electrons. The number of amides is 1. The van der Waals surface area contributed by atoms with Gasteiger partial charge in [0, 0.05) is 5.38 Å². The van der Waals surface area contributed by atoms with E-state index in [1.807, 2.05) is 0 Å². The Morgan fingerprint density at radius 3 is 2.23 bits per heavy atom. The fourth-order valence-corrected chi connectivity index (χ4v) is 7.26. The van der Waals surface area contributed by atoms with Crippen molar-refractivity contribution >= 4 is 49.9 Å². The minimum absolute atomic E-state index is 0.0500. The summed E-state index contributed by atoms with van der Waals surface area (Å²) in [4.78, 5) is 47.0. The number of nitrogens with two attached hydrogens (primary N) is 2. The van der Waals surface area contributed by atoms with Gasteiger partial charge in [-0.05, 0) is 0 Å². The lowest BCUT2D eigenvalue weighted by Gasteiger charge is -2.20. The zero-order valence-corrected chi connectivity index (χ0v) is 24.0. The molecule has 0 radical (unpaired) electrons. The van der Waals surface area contributed by atoms with E-state index in [0.717, 1.165) is 17.7 Å². The number of hydrogen-bond donors (Lipinski definition) is 8. The predicted octanol–water partition coefficient (Wildman–Crippen LogP) is -2.30. The van der Waals surface area contributed by atoms with Crippen LogP contribution in [0.3, 0.4) is 0 Å². The third kappa shape index (κ3) is 6.62. The second-order valence-electron chi connectivity index (χ2n) is 9.25. The summed E-state index contributed by atoms with van der Waals surface area (Å²) in [6.45, 7) is -1.80. The van der Waals surface area contributed by atoms with Crippen molar-refractivity contribution in [3.05, 3.63) is 28.7 Å². The molecule has 0 saturated carbocycles. The molecule has 5 rings (SSSR count). The number of aliphatic hydroxyl groups excluding tert-OH is 4. The van der Waals surface area contributed by atoms with Crippen LogP contribution in [0.2, 0.25) is 0 Å². The number of ether oxygens (including phenoxy) is 2. The summed E-state index contributed by atoms with van der Waals surface area (Å²) in [5.41, 5.74) is 11.1. The number of nitrogens with zero attached hydrogens (tertiary/aromatic N) is 5. The molecule has 3 aromatic rings. The molecule has 0 spiro atoms. The van der Waals surface area contributed by atoms with Gasteiger partial charge in [-0.2, -0.15) is 4.31 Å². The van der Waals surface area contributed by atoms with E-state index in [-0.39, 0.29) is 27.7 Å². The van der Waals surface area contributed by atoms with Crippen LogP contribution in [-0.2, 0) is 32.0 Å². The molecule has 0 aromatic carbocycles. The van der Waals surface area contributed by atoms with Gasteiger partial charge in [0.25, 0.3) is 5.91 Å². The van der Waals surface area contributed by atoms with Gasteiger partial charge in [-0.25, -0.2) is 29.1 Å². The van der Waals surface area contributed by atoms with Gasteiger partial charge in [-0.3, -0.25) is 18.4 Å². The van der Waals surface area contributed by atoms with Crippen molar-refractivity contribution in [1.29, 1.82) is 0 Å². The number of aliphatic hydroxyl groups is 4. The molecule has 4 unspecified atom stereocenters. The van der Waals surface area contributed by atoms with E-state index in [9.17, 15) is 44.1 Å². The summed E-state index contributed by atoms with van der Waals surface area (Å²) in [7, 11) is -10.7. The van der Waals surface area contributed by atoms with Crippen LogP contribution < -0.4 is 11.5 Å². The maximum Gasteiger partial charge on any atom is 0.481 e. The van der Waals surface area contributed by atoms with Crippen LogP contribution in [0, 0.1) is 0 Å². The van der Waals surface area contributed by atoms with Crippen LogP contribution >= 0.6 is 27.0 Å². The molecule has 2 saturated heterocycles. The van der Waals surface area contributed by atoms with Crippen molar-refractivity contribution in [2.45, 2.75) is 49.0 Å². The first kappa shape index (κ1) is 31.9. The first-order valence-corrected chi connectivity index (χ1v) is 15.9. The first-order valence-electron chi connectivity index (χ1n) is 12.0. The minimum atomic E-state index is -5.37. The number of thiazole rings is 1. The molecule has 43 heavy (non-hydrogen) atoms. The van der Waals surface area contributed by atoms with Gasteiger partial charge in [0.05, 0.1) is 19.5 Å². The molecule has 3 aromatic heterocycles. The third-order valence-electron chi connectivity index (χ3n) is 6.39. The molecule has 10 N–H and O–H groups in total. The van der Waals surface area contributed by atoms with Gasteiger partial charge in [0.2, 0.25) is 0 Å². The van der Waals surface area contributed by atoms with E-state index in [1.54, 1.807) is 0 Å². The van der Waals surface area contributed by atoms with Gasteiger partial charge in [0.1, 0.15) is 65.3 Å². The number of fused-ring (bicyclic) bond motifs is 1. The van der Waals surface area contributed by atoms with Crippen molar-refractivity contribution in [2.75, 3.05) is 18.9 Å². The highest BCUT2D eigenvalue weighted by Gasteiger charge is 2.48. The van der Waals surface area contributed by atoms with Crippen molar-refractivity contribution in [3.8, 4) is 0 Å². The molecular formula is C19H25N7O14P2S. The molecule has 2 aliphatic rings. The lowest BCUT2D eigenvalue weighted by atomic mass is 10.1. The number of nitrogen functional groups attached to an aromatic ring is 1. The Balaban J connectivity index is 1.15. The Labute approximate surface area is 243 Å². The predicted molar refractivity (Wildman–Crippen MR) is 139 cm³/mol. The Morgan fingerprint density at radius 1 is 0.977 bits per heavy atom. The summed E-state index contributed by atoms with van der Waals surface area (Å²) in [5.74, 6) is -0.782. The largest absolute Gasteiger partial charge is 0.481 e. The molecule has 1 amide bonds. The summed E-state index contributed by atoms with van der Waals surface area (Å²) >= 11 is 0.908. The lowest BCUT2D eigenvalue weighted by molar-refractivity contribution is -0.0507. The van der Waals surface area contributed by atoms with Crippen LogP contribution in [0.5, 0.6) is 0 Å². The number of rotatable bonds is 11. The zero-order valence-electron chi connectivity index (χ0n) is 21.4. The van der Waals surface area contributed by atoms with E-state index in [4.69, 9.17) is 25.5 Å². The summed E-state index contributed by atoms with van der Waals surface area (Å²) in [6.07, 6.45) is -9.48. The number of anilines is 1. The van der Waals surface area contributed by atoms with Crippen molar-refractivity contribution in [1.82, 2.24) is 24.5 Å². The Kier molecular flexibility index (Phi) is 8.97. The fourth-order valence-electron chi connectivity index (χ4n) is 4.29. The molecule has 5 heterocycles. The molecule has 21 nitrogen and oxygen atoms in total. The van der Waals surface area contributed by atoms with E-state index < -0.39 is 83.7 Å². The monoisotopic (exact) mass is 669 g/mol. The molecular weight excluding hydrogens is 644 g/mol. The normalized spacial score (nSPS) is 32.1. The van der Waals surface area contributed by atoms with E-state index in [1.165, 1.54) is 16.3 Å². The third-order valence-corrected chi connectivity index (χ3v) is 9.90. The highest BCUT2D eigenvalue weighted by Crippen LogP contribution is 2.61. The topological polar surface area (TPSA) is 327 Å². The Morgan fingerprint density at radius 2 is 1.60 bits per heavy atom. The van der Waals surface area contributed by atoms with Gasteiger partial charge in [0.15, 0.2) is 17.7 Å². The molecule has 0 bridgehead atoms. The van der Waals surface area contributed by atoms with Gasteiger partial charge in [-0.15, -0.1) is 11.3 Å². The number of carbonyl (C=O) groups excluding carboxylic acids is 1. The first-order chi connectivity index (χ1) is 20.2. The van der Waals surface area contributed by atoms with Gasteiger partial charge in [-0.1, -0.05) is 0 Å². The van der Waals surface area contributed by atoms with Crippen molar-refractivity contribution in [3.63, 3.8) is 0 Å². The average Bonchev–Trinajstić information content (AvgIpc) is 3.70. The average molecular weight is 669 g/mol. The van der Waals surface area contributed by atoms with Crippen LogP contribution in [0.4, 0.5) is 5.82 Å². The fraction of sp³-hybridized carbons (Fsp3) is 0.526. The smallest absolute Gasteiger partial charge is 0.387 e. The van der Waals surface area contributed by atoms with Gasteiger partial charge >= 0.3 is 15.6 Å². The Hall–Kier alpha value is -2.53. The second-order valence-corrected chi connectivity index (χ2v) is 13.2. The summed E-state index contributed by atoms with van der Waals surface area (Å²) in [5, 5.41) is 42.8. The number of imidazole rings is 1. The molecule has 2 aliphatic heterocycles. The SMILES string of the molecule is NC(=O)c1csc([C@@H]2O[C@H](COP(=O)(O)OP(=O)(O)OC[C@H]3O[C@@H](n4cnc5c(N)ncnc54)C(O)[C@H]3O)[C@H](O)C2O)n1. The van der Waals surface area contributed by atoms with Crippen molar-refractivity contribution < 1.29 is 67.0 Å². The maximum absolute atomic E-state index is 12.4. The highest BCUT2D eigenvalue weighted by atomic mass is 32.1. The van der Waals surface area contributed by atoms with E-state index >= 15 is 0 Å².